The van der Waals surface area contributed by atoms with Crippen molar-refractivity contribution in [1.82, 2.24) is 4.90 Å². The van der Waals surface area contributed by atoms with Gasteiger partial charge in [-0.15, -0.1) is 0 Å². The number of hydrogen-bond donors (Lipinski definition) is 0. The van der Waals surface area contributed by atoms with E-state index in [1.54, 1.807) is 6.08 Å². The van der Waals surface area contributed by atoms with Crippen LogP contribution in [0.15, 0.2) is 50.2 Å². The first-order chi connectivity index (χ1) is 15.4. The molecule has 4 rings (SSSR count). The quantitative estimate of drug-likeness (QED) is 0.315. The smallest absolute Gasteiger partial charge is 0.293 e. The van der Waals surface area contributed by atoms with E-state index in [1.165, 1.54) is 24.2 Å². The molecule has 1 aliphatic carbocycles. The molecule has 32 heavy (non-hydrogen) atoms. The van der Waals surface area contributed by atoms with Crippen LogP contribution in [0.2, 0.25) is 5.02 Å². The maximum Gasteiger partial charge on any atom is 0.293 e. The molecule has 1 saturated heterocycles. The Kier molecular flexibility index (Phi) is 8.03. The van der Waals surface area contributed by atoms with Crippen LogP contribution in [0, 0.1) is 5.92 Å². The van der Waals surface area contributed by atoms with Crippen LogP contribution in [0.3, 0.4) is 0 Å². The number of thioether (sulfide) groups is 1. The highest BCUT2D eigenvalue weighted by molar-refractivity contribution is 9.11. The van der Waals surface area contributed by atoms with Crippen molar-refractivity contribution < 1.29 is 14.3 Å². The minimum atomic E-state index is -0.194. The van der Waals surface area contributed by atoms with Crippen molar-refractivity contribution in [3.8, 4) is 5.75 Å². The maximum absolute atomic E-state index is 12.9. The molecule has 1 heterocycles. The molecule has 4 nitrogen and oxygen atoms in total. The lowest BCUT2D eigenvalue weighted by Gasteiger charge is -2.25. The molecule has 2 amide bonds. The number of ether oxygens (including phenoxy) is 1. The number of benzene rings is 2. The first-order valence-electron chi connectivity index (χ1n) is 10.5. The van der Waals surface area contributed by atoms with Crippen molar-refractivity contribution in [2.75, 3.05) is 6.54 Å². The summed E-state index contributed by atoms with van der Waals surface area (Å²) in [4.78, 5) is 27.2. The van der Waals surface area contributed by atoms with Crippen molar-refractivity contribution in [1.29, 1.82) is 0 Å². The van der Waals surface area contributed by atoms with E-state index in [0.29, 0.717) is 34.7 Å². The molecule has 2 aromatic rings. The van der Waals surface area contributed by atoms with Crippen LogP contribution < -0.4 is 4.74 Å². The summed E-state index contributed by atoms with van der Waals surface area (Å²) >= 11 is 14.1. The number of nitrogens with zero attached hydrogens (tertiary/aromatic N) is 1. The molecular weight excluding hydrogens is 578 g/mol. The van der Waals surface area contributed by atoms with Gasteiger partial charge in [0.15, 0.2) is 0 Å². The van der Waals surface area contributed by atoms with Gasteiger partial charge in [-0.25, -0.2) is 0 Å². The zero-order chi connectivity index (χ0) is 22.7. The predicted molar refractivity (Wildman–Crippen MR) is 137 cm³/mol. The van der Waals surface area contributed by atoms with Crippen LogP contribution >= 0.6 is 55.2 Å². The van der Waals surface area contributed by atoms with Gasteiger partial charge in [0.1, 0.15) is 12.4 Å². The molecule has 0 spiro atoms. The van der Waals surface area contributed by atoms with Crippen molar-refractivity contribution in [3.63, 3.8) is 0 Å². The van der Waals surface area contributed by atoms with Gasteiger partial charge in [0.05, 0.1) is 13.9 Å². The van der Waals surface area contributed by atoms with Gasteiger partial charge >= 0.3 is 0 Å². The van der Waals surface area contributed by atoms with Crippen molar-refractivity contribution in [2.24, 2.45) is 5.92 Å². The molecule has 1 saturated carbocycles. The van der Waals surface area contributed by atoms with Gasteiger partial charge in [0, 0.05) is 11.6 Å². The summed E-state index contributed by atoms with van der Waals surface area (Å²) < 4.78 is 7.48. The third-order valence-corrected chi connectivity index (χ3v) is 7.99. The predicted octanol–water partition coefficient (Wildman–Crippen LogP) is 8.06. The summed E-state index contributed by atoms with van der Waals surface area (Å²) in [6, 6.07) is 11.3. The minimum absolute atomic E-state index is 0.173. The molecule has 0 radical (unpaired) electrons. The fourth-order valence-corrected chi connectivity index (χ4v) is 6.40. The summed E-state index contributed by atoms with van der Waals surface area (Å²) in [6.45, 7) is 0.931. The SMILES string of the molecule is O=C1S/C(=C/c2cc(Br)c(OCc3ccc(Cl)cc3)c(Br)c2)C(=O)N1CC1CCCCC1. The van der Waals surface area contributed by atoms with E-state index in [1.807, 2.05) is 36.4 Å². The largest absolute Gasteiger partial charge is 0.487 e. The number of hydrogen-bond acceptors (Lipinski definition) is 4. The number of amides is 2. The summed E-state index contributed by atoms with van der Waals surface area (Å²) in [5.74, 6) is 0.903. The normalized spacial score (nSPS) is 18.6. The van der Waals surface area contributed by atoms with Crippen molar-refractivity contribution in [2.45, 2.75) is 38.7 Å². The van der Waals surface area contributed by atoms with Gasteiger partial charge < -0.3 is 4.74 Å². The van der Waals surface area contributed by atoms with Crippen LogP contribution in [0.5, 0.6) is 5.75 Å². The lowest BCUT2D eigenvalue weighted by molar-refractivity contribution is -0.123. The lowest BCUT2D eigenvalue weighted by Crippen LogP contribution is -2.34. The number of rotatable bonds is 6. The van der Waals surface area contributed by atoms with Crippen LogP contribution in [-0.2, 0) is 11.4 Å². The molecule has 0 atom stereocenters. The Bertz CT molecular complexity index is 1030. The van der Waals surface area contributed by atoms with Gasteiger partial charge in [-0.3, -0.25) is 14.5 Å². The van der Waals surface area contributed by atoms with Gasteiger partial charge in [-0.2, -0.15) is 0 Å². The molecular formula is C24H22Br2ClNO3S. The Balaban J connectivity index is 1.45. The van der Waals surface area contributed by atoms with Gasteiger partial charge in [0.25, 0.3) is 11.1 Å². The second-order valence-electron chi connectivity index (χ2n) is 8.03. The molecule has 0 aromatic heterocycles. The fourth-order valence-electron chi connectivity index (χ4n) is 3.97. The van der Waals surface area contributed by atoms with Crippen LogP contribution in [-0.4, -0.2) is 22.6 Å². The molecule has 2 fully saturated rings. The zero-order valence-corrected chi connectivity index (χ0v) is 22.0. The minimum Gasteiger partial charge on any atom is -0.487 e. The highest BCUT2D eigenvalue weighted by Crippen LogP contribution is 2.39. The number of imide groups is 1. The molecule has 8 heteroatoms. The van der Waals surface area contributed by atoms with Crippen LogP contribution in [0.1, 0.15) is 43.2 Å². The second kappa shape index (κ2) is 10.8. The van der Waals surface area contributed by atoms with E-state index in [-0.39, 0.29) is 11.1 Å². The Morgan fingerprint density at radius 3 is 2.38 bits per heavy atom. The standard InChI is InChI=1S/C24H22Br2ClNO3S/c25-19-10-17(11-20(26)22(19)31-14-16-6-8-18(27)9-7-16)12-21-23(29)28(24(30)32-21)13-15-4-2-1-3-5-15/h6-12,15H,1-5,13-14H2/b21-12+. The summed E-state index contributed by atoms with van der Waals surface area (Å²) in [6.07, 6.45) is 7.58. The van der Waals surface area contributed by atoms with Gasteiger partial charge in [-0.1, -0.05) is 43.0 Å². The molecule has 1 aliphatic heterocycles. The first kappa shape index (κ1) is 23.9. The Hall–Kier alpha value is -1.28. The van der Waals surface area contributed by atoms with Crippen LogP contribution in [0.4, 0.5) is 4.79 Å². The third kappa shape index (κ3) is 5.79. The first-order valence-corrected chi connectivity index (χ1v) is 13.3. The van der Waals surface area contributed by atoms with Gasteiger partial charge in [0.2, 0.25) is 0 Å². The van der Waals surface area contributed by atoms with E-state index in [4.69, 9.17) is 16.3 Å². The average molecular weight is 600 g/mol. The molecule has 168 valence electrons. The topological polar surface area (TPSA) is 46.6 Å². The Morgan fingerprint density at radius 2 is 1.72 bits per heavy atom. The van der Waals surface area contributed by atoms with E-state index in [2.05, 4.69) is 31.9 Å². The van der Waals surface area contributed by atoms with Crippen LogP contribution in [0.25, 0.3) is 6.08 Å². The fraction of sp³-hybridized carbons (Fsp3) is 0.333. The third-order valence-electron chi connectivity index (χ3n) is 5.65. The Labute approximate surface area is 214 Å². The van der Waals surface area contributed by atoms with Gasteiger partial charge in [-0.05, 0) is 104 Å². The van der Waals surface area contributed by atoms with E-state index in [9.17, 15) is 9.59 Å². The molecule has 2 aliphatic rings. The van der Waals surface area contributed by atoms with Crippen molar-refractivity contribution >= 4 is 72.4 Å². The molecule has 0 N–H and O–H groups in total. The molecule has 0 unspecified atom stereocenters. The Morgan fingerprint density at radius 1 is 1.06 bits per heavy atom. The summed E-state index contributed by atoms with van der Waals surface area (Å²) in [5.41, 5.74) is 1.81. The highest BCUT2D eigenvalue weighted by atomic mass is 79.9. The molecule has 0 bridgehead atoms. The average Bonchev–Trinajstić information content (AvgIpc) is 3.02. The highest BCUT2D eigenvalue weighted by Gasteiger charge is 2.36. The summed E-state index contributed by atoms with van der Waals surface area (Å²) in [7, 11) is 0. The monoisotopic (exact) mass is 597 g/mol. The number of halogens is 3. The van der Waals surface area contributed by atoms with Crippen molar-refractivity contribution in [3.05, 3.63) is 66.4 Å². The second-order valence-corrected chi connectivity index (χ2v) is 11.2. The zero-order valence-electron chi connectivity index (χ0n) is 17.3. The maximum atomic E-state index is 12.9. The number of carbonyl (C=O) groups is 2. The molecule has 2 aromatic carbocycles. The lowest BCUT2D eigenvalue weighted by atomic mass is 9.89. The van der Waals surface area contributed by atoms with E-state index in [0.717, 1.165) is 44.7 Å². The summed E-state index contributed by atoms with van der Waals surface area (Å²) in [5, 5.41) is 0.511. The van der Waals surface area contributed by atoms with E-state index >= 15 is 0 Å². The van der Waals surface area contributed by atoms with E-state index < -0.39 is 0 Å². The number of carbonyl (C=O) groups excluding carboxylic acids is 2.